The van der Waals surface area contributed by atoms with Crippen LogP contribution in [0.5, 0.6) is 0 Å². The fourth-order valence-corrected chi connectivity index (χ4v) is 5.29. The van der Waals surface area contributed by atoms with Crippen LogP contribution < -0.4 is 0 Å². The second kappa shape index (κ2) is 10.4. The van der Waals surface area contributed by atoms with Gasteiger partial charge in [0.2, 0.25) is 0 Å². The van der Waals surface area contributed by atoms with E-state index in [1.165, 1.54) is 12.1 Å². The molecule has 7 rings (SSSR count). The first-order valence-corrected chi connectivity index (χ1v) is 13.6. The van der Waals surface area contributed by atoms with Gasteiger partial charge in [0.1, 0.15) is 17.5 Å². The molecular weight excluding hydrogens is 509 g/mol. The molecule has 2 heterocycles. The van der Waals surface area contributed by atoms with E-state index >= 15 is 0 Å². The van der Waals surface area contributed by atoms with Gasteiger partial charge in [-0.25, -0.2) is 24.3 Å². The number of fused-ring (bicyclic) bond motifs is 1. The third-order valence-electron chi connectivity index (χ3n) is 7.42. The normalized spacial score (nSPS) is 16.3. The van der Waals surface area contributed by atoms with Crippen molar-refractivity contribution < 1.29 is 4.39 Å². The number of halogens is 1. The Morgan fingerprint density at radius 2 is 1.34 bits per heavy atom. The topological polar surface area (TPSA) is 56.5 Å². The van der Waals surface area contributed by atoms with Gasteiger partial charge >= 0.3 is 0 Å². The van der Waals surface area contributed by atoms with Gasteiger partial charge in [-0.15, -0.1) is 0 Å². The zero-order chi connectivity index (χ0) is 27.8. The SMILES string of the molecule is CC1C=CC=CC1c1nc(-c2ccccc2)nc(-c2cccc(-n3c(-c4ccc(F)cc4)nc4ccccc43)c2)n1. The second-order valence-corrected chi connectivity index (χ2v) is 10.2. The molecule has 2 aromatic heterocycles. The molecule has 6 heteroatoms. The molecule has 5 nitrogen and oxygen atoms in total. The summed E-state index contributed by atoms with van der Waals surface area (Å²) < 4.78 is 15.9. The summed E-state index contributed by atoms with van der Waals surface area (Å²) in [7, 11) is 0. The van der Waals surface area contributed by atoms with Crippen molar-refractivity contribution >= 4 is 11.0 Å². The molecule has 4 aromatic carbocycles. The first-order chi connectivity index (χ1) is 20.1. The lowest BCUT2D eigenvalue weighted by molar-refractivity contribution is 0.600. The van der Waals surface area contributed by atoms with Gasteiger partial charge in [-0.2, -0.15) is 0 Å². The van der Waals surface area contributed by atoms with Gasteiger partial charge in [0, 0.05) is 28.3 Å². The van der Waals surface area contributed by atoms with Crippen molar-refractivity contribution in [2.75, 3.05) is 0 Å². The Morgan fingerprint density at radius 3 is 2.15 bits per heavy atom. The van der Waals surface area contributed by atoms with Gasteiger partial charge in [0.05, 0.1) is 11.0 Å². The Labute approximate surface area is 237 Å². The largest absolute Gasteiger partial charge is 0.292 e. The molecule has 0 N–H and O–H groups in total. The number of imidazole rings is 1. The van der Waals surface area contributed by atoms with E-state index in [4.69, 9.17) is 19.9 Å². The molecule has 0 radical (unpaired) electrons. The van der Waals surface area contributed by atoms with Crippen molar-refractivity contribution in [3.05, 3.63) is 139 Å². The monoisotopic (exact) mass is 535 g/mol. The van der Waals surface area contributed by atoms with Crippen LogP contribution >= 0.6 is 0 Å². The highest BCUT2D eigenvalue weighted by Gasteiger charge is 2.22. The van der Waals surface area contributed by atoms with Crippen LogP contribution in [-0.2, 0) is 0 Å². The van der Waals surface area contributed by atoms with E-state index in [0.29, 0.717) is 11.6 Å². The van der Waals surface area contributed by atoms with E-state index < -0.39 is 0 Å². The molecule has 0 saturated heterocycles. The van der Waals surface area contributed by atoms with Crippen LogP contribution in [-0.4, -0.2) is 24.5 Å². The number of rotatable bonds is 5. The Morgan fingerprint density at radius 1 is 0.634 bits per heavy atom. The number of hydrogen-bond acceptors (Lipinski definition) is 4. The molecule has 0 amide bonds. The van der Waals surface area contributed by atoms with Gasteiger partial charge in [-0.05, 0) is 54.4 Å². The Kier molecular flexibility index (Phi) is 6.28. The summed E-state index contributed by atoms with van der Waals surface area (Å²) in [6.07, 6.45) is 8.46. The minimum Gasteiger partial charge on any atom is -0.292 e. The lowest BCUT2D eigenvalue weighted by Gasteiger charge is -2.20. The van der Waals surface area contributed by atoms with Crippen LogP contribution in [0.3, 0.4) is 0 Å². The van der Waals surface area contributed by atoms with Crippen LogP contribution in [0.4, 0.5) is 4.39 Å². The van der Waals surface area contributed by atoms with Gasteiger partial charge in [-0.1, -0.05) is 85.8 Å². The maximum atomic E-state index is 13.8. The van der Waals surface area contributed by atoms with Crippen molar-refractivity contribution in [1.29, 1.82) is 0 Å². The van der Waals surface area contributed by atoms with E-state index in [1.54, 1.807) is 12.1 Å². The highest BCUT2D eigenvalue weighted by Crippen LogP contribution is 2.33. The molecule has 0 spiro atoms. The Hall–Kier alpha value is -5.23. The summed E-state index contributed by atoms with van der Waals surface area (Å²) in [6.45, 7) is 2.18. The third kappa shape index (κ3) is 4.74. The van der Waals surface area contributed by atoms with E-state index in [2.05, 4.69) is 41.9 Å². The lowest BCUT2D eigenvalue weighted by Crippen LogP contribution is -2.13. The average molecular weight is 536 g/mol. The van der Waals surface area contributed by atoms with Crippen LogP contribution in [0.1, 0.15) is 18.7 Å². The molecule has 1 aliphatic rings. The van der Waals surface area contributed by atoms with Crippen LogP contribution in [0, 0.1) is 11.7 Å². The average Bonchev–Trinajstić information content (AvgIpc) is 3.42. The lowest BCUT2D eigenvalue weighted by atomic mass is 9.89. The zero-order valence-electron chi connectivity index (χ0n) is 22.4. The van der Waals surface area contributed by atoms with E-state index in [0.717, 1.165) is 45.1 Å². The minimum absolute atomic E-state index is 0.0510. The van der Waals surface area contributed by atoms with Crippen molar-refractivity contribution in [3.8, 4) is 39.9 Å². The van der Waals surface area contributed by atoms with Crippen molar-refractivity contribution in [1.82, 2.24) is 24.5 Å². The van der Waals surface area contributed by atoms with Gasteiger partial charge in [0.15, 0.2) is 11.6 Å². The number of aromatic nitrogens is 5. The summed E-state index contributed by atoms with van der Waals surface area (Å²) in [6, 6.07) is 32.6. The number of nitrogens with zero attached hydrogens (tertiary/aromatic N) is 5. The van der Waals surface area contributed by atoms with Gasteiger partial charge < -0.3 is 0 Å². The van der Waals surface area contributed by atoms with Gasteiger partial charge in [0.25, 0.3) is 0 Å². The van der Waals surface area contributed by atoms with Crippen LogP contribution in [0.25, 0.3) is 50.9 Å². The highest BCUT2D eigenvalue weighted by molar-refractivity contribution is 5.83. The Bertz CT molecular complexity index is 1920. The standard InChI is InChI=1S/C35H26FN5/c1-23-10-5-6-15-29(23)34-39-32(24-11-3-2-4-12-24)38-33(40-34)26-13-9-14-28(22-26)41-31-17-8-7-16-30(31)37-35(41)25-18-20-27(36)21-19-25/h2-23,29H,1H3. The number of para-hydroxylation sites is 2. The Balaban J connectivity index is 1.40. The molecule has 6 aromatic rings. The van der Waals surface area contributed by atoms with Crippen LogP contribution in [0.2, 0.25) is 0 Å². The third-order valence-corrected chi connectivity index (χ3v) is 7.42. The molecule has 41 heavy (non-hydrogen) atoms. The smallest absolute Gasteiger partial charge is 0.163 e. The zero-order valence-corrected chi connectivity index (χ0v) is 22.4. The summed E-state index contributed by atoms with van der Waals surface area (Å²) in [5.74, 6) is 2.77. The second-order valence-electron chi connectivity index (χ2n) is 10.2. The maximum absolute atomic E-state index is 13.8. The number of allylic oxidation sites excluding steroid dienone is 4. The molecular formula is C35H26FN5. The molecule has 2 unspecified atom stereocenters. The summed E-state index contributed by atoms with van der Waals surface area (Å²) >= 11 is 0. The minimum atomic E-state index is -0.282. The molecule has 0 aliphatic heterocycles. The van der Waals surface area contributed by atoms with Crippen molar-refractivity contribution in [3.63, 3.8) is 0 Å². The van der Waals surface area contributed by atoms with E-state index in [1.807, 2.05) is 72.8 Å². The van der Waals surface area contributed by atoms with Crippen LogP contribution in [0.15, 0.2) is 127 Å². The molecule has 0 saturated carbocycles. The molecule has 2 atom stereocenters. The first kappa shape index (κ1) is 24.8. The quantitative estimate of drug-likeness (QED) is 0.223. The fourth-order valence-electron chi connectivity index (χ4n) is 5.29. The van der Waals surface area contributed by atoms with Crippen molar-refractivity contribution in [2.45, 2.75) is 12.8 Å². The number of hydrogen-bond donors (Lipinski definition) is 0. The molecule has 198 valence electrons. The summed E-state index contributed by atoms with van der Waals surface area (Å²) in [4.78, 5) is 19.8. The predicted molar refractivity (Wildman–Crippen MR) is 161 cm³/mol. The molecule has 0 bridgehead atoms. The first-order valence-electron chi connectivity index (χ1n) is 13.6. The highest BCUT2D eigenvalue weighted by atomic mass is 19.1. The van der Waals surface area contributed by atoms with Gasteiger partial charge in [-0.3, -0.25) is 4.57 Å². The van der Waals surface area contributed by atoms with E-state index in [9.17, 15) is 4.39 Å². The predicted octanol–water partition coefficient (Wildman–Crippen LogP) is 8.20. The van der Waals surface area contributed by atoms with Crippen molar-refractivity contribution in [2.24, 2.45) is 5.92 Å². The molecule has 1 aliphatic carbocycles. The van der Waals surface area contributed by atoms with E-state index in [-0.39, 0.29) is 17.7 Å². The fraction of sp³-hybridized carbons (Fsp3) is 0.0857. The molecule has 0 fully saturated rings. The summed E-state index contributed by atoms with van der Waals surface area (Å²) in [5, 5.41) is 0. The number of benzene rings is 4. The summed E-state index contributed by atoms with van der Waals surface area (Å²) in [5.41, 5.74) is 5.36. The maximum Gasteiger partial charge on any atom is 0.163 e.